The van der Waals surface area contributed by atoms with E-state index in [0.29, 0.717) is 12.3 Å². The third kappa shape index (κ3) is 4.73. The molecule has 0 radical (unpaired) electrons. The molecule has 26 heavy (non-hydrogen) atoms. The number of nitrogens with zero attached hydrogens (tertiary/aromatic N) is 1. The number of carbonyl (C=O) groups is 1. The van der Waals surface area contributed by atoms with E-state index in [1.165, 1.54) is 12.0 Å². The van der Waals surface area contributed by atoms with Crippen molar-refractivity contribution in [3.63, 3.8) is 0 Å². The van der Waals surface area contributed by atoms with Gasteiger partial charge in [-0.2, -0.15) is 0 Å². The molecule has 0 aromatic heterocycles. The van der Waals surface area contributed by atoms with Gasteiger partial charge in [-0.3, -0.25) is 9.69 Å². The molecule has 3 atom stereocenters. The Morgan fingerprint density at radius 1 is 1.00 bits per heavy atom. The van der Waals surface area contributed by atoms with Gasteiger partial charge in [-0.05, 0) is 50.9 Å². The Balaban J connectivity index is 1.71. The summed E-state index contributed by atoms with van der Waals surface area (Å²) in [5.74, 6) is 0.208. The Labute approximate surface area is 157 Å². The minimum Gasteiger partial charge on any atom is -0.461 e. The average Bonchev–Trinajstić information content (AvgIpc) is 2.68. The van der Waals surface area contributed by atoms with Crippen LogP contribution in [0, 0.1) is 0 Å². The number of hydrogen-bond donors (Lipinski definition) is 0. The molecule has 0 heterocycles. The molecule has 3 heteroatoms. The number of hydrogen-bond acceptors (Lipinski definition) is 3. The van der Waals surface area contributed by atoms with Crippen molar-refractivity contribution >= 4 is 5.97 Å². The molecule has 1 aliphatic carbocycles. The number of benzene rings is 2. The van der Waals surface area contributed by atoms with Gasteiger partial charge >= 0.3 is 5.97 Å². The maximum atomic E-state index is 13.0. The lowest BCUT2D eigenvalue weighted by Gasteiger charge is -2.33. The van der Waals surface area contributed by atoms with Crippen LogP contribution < -0.4 is 0 Å². The SMILES string of the molecule is CN(C)[C@H](Cc1ccccc1)C(=O)O[C@@H]1CCCC[C@H]1c1ccccc1. The normalized spacial score (nSPS) is 21.3. The van der Waals surface area contributed by atoms with Gasteiger partial charge in [0.2, 0.25) is 0 Å². The van der Waals surface area contributed by atoms with Crippen molar-refractivity contribution in [1.82, 2.24) is 4.90 Å². The first-order chi connectivity index (χ1) is 12.6. The lowest BCUT2D eigenvalue weighted by Crippen LogP contribution is -2.42. The van der Waals surface area contributed by atoms with Crippen LogP contribution in [0.3, 0.4) is 0 Å². The number of likely N-dealkylation sites (N-methyl/N-ethyl adjacent to an activating group) is 1. The van der Waals surface area contributed by atoms with Crippen LogP contribution >= 0.6 is 0 Å². The van der Waals surface area contributed by atoms with E-state index in [9.17, 15) is 4.79 Å². The summed E-state index contributed by atoms with van der Waals surface area (Å²) in [4.78, 5) is 14.9. The second-order valence-electron chi connectivity index (χ2n) is 7.45. The van der Waals surface area contributed by atoms with E-state index < -0.39 is 0 Å². The first-order valence-corrected chi connectivity index (χ1v) is 9.61. The largest absolute Gasteiger partial charge is 0.461 e. The van der Waals surface area contributed by atoms with Gasteiger partial charge in [0.1, 0.15) is 12.1 Å². The highest BCUT2D eigenvalue weighted by atomic mass is 16.5. The van der Waals surface area contributed by atoms with E-state index in [2.05, 4.69) is 36.4 Å². The Bertz CT molecular complexity index is 684. The molecule has 1 fully saturated rings. The summed E-state index contributed by atoms with van der Waals surface area (Å²) >= 11 is 0. The molecule has 2 aromatic carbocycles. The molecule has 0 amide bonds. The maximum Gasteiger partial charge on any atom is 0.323 e. The van der Waals surface area contributed by atoms with Gasteiger partial charge in [0, 0.05) is 5.92 Å². The van der Waals surface area contributed by atoms with Crippen molar-refractivity contribution in [2.45, 2.75) is 50.2 Å². The third-order valence-corrected chi connectivity index (χ3v) is 5.37. The van der Waals surface area contributed by atoms with Crippen molar-refractivity contribution in [2.24, 2.45) is 0 Å². The Morgan fingerprint density at radius 3 is 2.27 bits per heavy atom. The zero-order valence-electron chi connectivity index (χ0n) is 15.8. The molecule has 3 rings (SSSR count). The molecule has 0 saturated heterocycles. The summed E-state index contributed by atoms with van der Waals surface area (Å²) in [5.41, 5.74) is 2.45. The zero-order chi connectivity index (χ0) is 18.4. The minimum absolute atomic E-state index is 0.0168. The predicted octanol–water partition coefficient (Wildman–Crippen LogP) is 4.43. The summed E-state index contributed by atoms with van der Waals surface area (Å²) in [6.07, 6.45) is 5.04. The fraction of sp³-hybridized carbons (Fsp3) is 0.435. The Kier molecular flexibility index (Phi) is 6.45. The van der Waals surface area contributed by atoms with E-state index in [1.807, 2.05) is 43.3 Å². The van der Waals surface area contributed by atoms with Gasteiger partial charge in [0.25, 0.3) is 0 Å². The highest BCUT2D eigenvalue weighted by Crippen LogP contribution is 2.35. The Hall–Kier alpha value is -2.13. The molecule has 0 unspecified atom stereocenters. The smallest absolute Gasteiger partial charge is 0.323 e. The van der Waals surface area contributed by atoms with Gasteiger partial charge in [0.05, 0.1) is 0 Å². The van der Waals surface area contributed by atoms with Crippen LogP contribution in [0.4, 0.5) is 0 Å². The van der Waals surface area contributed by atoms with Crippen LogP contribution in [0.5, 0.6) is 0 Å². The van der Waals surface area contributed by atoms with E-state index >= 15 is 0 Å². The first kappa shape index (κ1) is 18.7. The predicted molar refractivity (Wildman–Crippen MR) is 105 cm³/mol. The summed E-state index contributed by atoms with van der Waals surface area (Å²) in [6.45, 7) is 0. The zero-order valence-corrected chi connectivity index (χ0v) is 15.8. The average molecular weight is 351 g/mol. The highest BCUT2D eigenvalue weighted by molar-refractivity contribution is 5.76. The molecule has 0 spiro atoms. The standard InChI is InChI=1S/C23H29NO2/c1-24(2)21(17-18-11-5-3-6-12-18)23(25)26-22-16-10-9-15-20(22)19-13-7-4-8-14-19/h3-8,11-14,20-22H,9-10,15-17H2,1-2H3/t20-,21+,22+/m0/s1. The lowest BCUT2D eigenvalue weighted by molar-refractivity contribution is -0.157. The van der Waals surface area contributed by atoms with Crippen molar-refractivity contribution < 1.29 is 9.53 Å². The molecule has 0 bridgehead atoms. The third-order valence-electron chi connectivity index (χ3n) is 5.37. The quantitative estimate of drug-likeness (QED) is 0.721. The number of carbonyl (C=O) groups excluding carboxylic acids is 1. The number of rotatable bonds is 6. The van der Waals surface area contributed by atoms with Crippen LogP contribution in [0.15, 0.2) is 60.7 Å². The van der Waals surface area contributed by atoms with Crippen LogP contribution in [-0.4, -0.2) is 37.1 Å². The molecular weight excluding hydrogens is 322 g/mol. The Morgan fingerprint density at radius 2 is 1.62 bits per heavy atom. The molecule has 1 aliphatic rings. The first-order valence-electron chi connectivity index (χ1n) is 9.61. The van der Waals surface area contributed by atoms with Crippen LogP contribution in [0.2, 0.25) is 0 Å². The van der Waals surface area contributed by atoms with E-state index in [-0.39, 0.29) is 18.1 Å². The van der Waals surface area contributed by atoms with Crippen LogP contribution in [-0.2, 0) is 16.0 Å². The fourth-order valence-electron chi connectivity index (χ4n) is 3.86. The number of esters is 1. The number of ether oxygens (including phenoxy) is 1. The van der Waals surface area contributed by atoms with Crippen molar-refractivity contribution in [3.8, 4) is 0 Å². The van der Waals surface area contributed by atoms with Crippen LogP contribution in [0.1, 0.15) is 42.7 Å². The second kappa shape index (κ2) is 9.00. The molecule has 0 N–H and O–H groups in total. The van der Waals surface area contributed by atoms with Crippen molar-refractivity contribution in [1.29, 1.82) is 0 Å². The van der Waals surface area contributed by atoms with E-state index in [0.717, 1.165) is 24.8 Å². The fourth-order valence-corrected chi connectivity index (χ4v) is 3.86. The monoisotopic (exact) mass is 351 g/mol. The topological polar surface area (TPSA) is 29.5 Å². The van der Waals surface area contributed by atoms with Crippen molar-refractivity contribution in [3.05, 3.63) is 71.8 Å². The van der Waals surface area contributed by atoms with E-state index in [1.54, 1.807) is 0 Å². The van der Waals surface area contributed by atoms with E-state index in [4.69, 9.17) is 4.74 Å². The van der Waals surface area contributed by atoms with Gasteiger partial charge in [-0.25, -0.2) is 0 Å². The summed E-state index contributed by atoms with van der Waals surface area (Å²) in [6, 6.07) is 20.4. The van der Waals surface area contributed by atoms with Gasteiger partial charge in [-0.1, -0.05) is 67.1 Å². The van der Waals surface area contributed by atoms with Gasteiger partial charge in [-0.15, -0.1) is 0 Å². The summed E-state index contributed by atoms with van der Waals surface area (Å²) in [5, 5.41) is 0. The molecule has 0 aliphatic heterocycles. The highest BCUT2D eigenvalue weighted by Gasteiger charge is 2.32. The van der Waals surface area contributed by atoms with Crippen LogP contribution in [0.25, 0.3) is 0 Å². The minimum atomic E-state index is -0.254. The second-order valence-corrected chi connectivity index (χ2v) is 7.45. The molecular formula is C23H29NO2. The van der Waals surface area contributed by atoms with Crippen molar-refractivity contribution in [2.75, 3.05) is 14.1 Å². The summed E-state index contributed by atoms with van der Waals surface area (Å²) in [7, 11) is 3.90. The lowest BCUT2D eigenvalue weighted by atomic mass is 9.81. The molecule has 2 aromatic rings. The molecule has 138 valence electrons. The van der Waals surface area contributed by atoms with Gasteiger partial charge in [0.15, 0.2) is 0 Å². The molecule has 3 nitrogen and oxygen atoms in total. The maximum absolute atomic E-state index is 13.0. The molecule has 1 saturated carbocycles. The van der Waals surface area contributed by atoms with Gasteiger partial charge < -0.3 is 4.74 Å². The summed E-state index contributed by atoms with van der Waals surface area (Å²) < 4.78 is 6.07.